The van der Waals surface area contributed by atoms with E-state index in [0.717, 1.165) is 26.3 Å². The molecule has 1 aromatic rings. The van der Waals surface area contributed by atoms with Gasteiger partial charge in [0.2, 0.25) is 0 Å². The Labute approximate surface area is 145 Å². The van der Waals surface area contributed by atoms with Gasteiger partial charge in [0.25, 0.3) is 0 Å². The van der Waals surface area contributed by atoms with Crippen LogP contribution < -0.4 is 10.1 Å². The van der Waals surface area contributed by atoms with Gasteiger partial charge in [-0.1, -0.05) is 32.6 Å². The number of nitrogens with one attached hydrogen (secondary N) is 1. The summed E-state index contributed by atoms with van der Waals surface area (Å²) in [4.78, 5) is 0. The zero-order valence-corrected chi connectivity index (χ0v) is 16.1. The average molecular weight is 419 g/mol. The van der Waals surface area contributed by atoms with E-state index in [9.17, 15) is 0 Å². The van der Waals surface area contributed by atoms with Gasteiger partial charge in [0.05, 0.1) is 17.3 Å². The van der Waals surface area contributed by atoms with Gasteiger partial charge in [-0.05, 0) is 63.1 Å². The molecule has 118 valence electrons. The highest BCUT2D eigenvalue weighted by Gasteiger charge is 2.19. The fourth-order valence-electron chi connectivity index (χ4n) is 3.24. The van der Waals surface area contributed by atoms with E-state index in [2.05, 4.69) is 56.2 Å². The van der Waals surface area contributed by atoms with Crippen LogP contribution in [0.4, 0.5) is 5.69 Å². The predicted octanol–water partition coefficient (Wildman–Crippen LogP) is 6.38. The van der Waals surface area contributed by atoms with Gasteiger partial charge in [-0.2, -0.15) is 0 Å². The van der Waals surface area contributed by atoms with Crippen molar-refractivity contribution < 1.29 is 4.74 Å². The average Bonchev–Trinajstić information content (AvgIpc) is 2.68. The molecule has 0 amide bonds. The second-order valence-electron chi connectivity index (χ2n) is 5.97. The first-order chi connectivity index (χ1) is 10.1. The molecule has 4 heteroatoms. The Bertz CT molecular complexity index is 464. The van der Waals surface area contributed by atoms with E-state index >= 15 is 0 Å². The number of rotatable bonds is 5. The third kappa shape index (κ3) is 4.88. The van der Waals surface area contributed by atoms with Crippen LogP contribution in [0, 0.1) is 5.92 Å². The van der Waals surface area contributed by atoms with Crippen LogP contribution >= 0.6 is 31.9 Å². The fraction of sp³-hybridized carbons (Fsp3) is 0.647. The molecule has 1 N–H and O–H groups in total. The van der Waals surface area contributed by atoms with Crippen molar-refractivity contribution in [1.82, 2.24) is 0 Å². The maximum absolute atomic E-state index is 5.40. The smallest absolute Gasteiger partial charge is 0.135 e. The predicted molar refractivity (Wildman–Crippen MR) is 97.3 cm³/mol. The summed E-state index contributed by atoms with van der Waals surface area (Å²) in [6, 6.07) is 4.70. The minimum atomic E-state index is 0.578. The molecule has 1 saturated carbocycles. The van der Waals surface area contributed by atoms with Crippen molar-refractivity contribution in [2.24, 2.45) is 5.92 Å². The van der Waals surface area contributed by atoms with Crippen molar-refractivity contribution in [2.75, 3.05) is 12.4 Å². The first-order valence-corrected chi connectivity index (χ1v) is 9.52. The van der Waals surface area contributed by atoms with Crippen LogP contribution in [0.5, 0.6) is 5.75 Å². The van der Waals surface area contributed by atoms with E-state index in [-0.39, 0.29) is 0 Å². The molecule has 0 bridgehead atoms. The number of methoxy groups -OCH3 is 1. The number of ether oxygens (including phenoxy) is 1. The number of benzene rings is 1. The van der Waals surface area contributed by atoms with Crippen LogP contribution in [-0.2, 0) is 0 Å². The van der Waals surface area contributed by atoms with E-state index in [1.165, 1.54) is 44.9 Å². The summed E-state index contributed by atoms with van der Waals surface area (Å²) in [5.41, 5.74) is 1.13. The summed E-state index contributed by atoms with van der Waals surface area (Å²) in [6.07, 6.45) is 9.35. The molecule has 0 spiro atoms. The van der Waals surface area contributed by atoms with Gasteiger partial charge in [-0.3, -0.25) is 0 Å². The molecule has 0 aliphatic heterocycles. The molecule has 21 heavy (non-hydrogen) atoms. The van der Waals surface area contributed by atoms with Crippen LogP contribution in [-0.4, -0.2) is 13.2 Å². The summed E-state index contributed by atoms with van der Waals surface area (Å²) in [6.45, 7) is 2.30. The summed E-state index contributed by atoms with van der Waals surface area (Å²) >= 11 is 7.17. The van der Waals surface area contributed by atoms with Crippen LogP contribution in [0.25, 0.3) is 0 Å². The molecule has 1 aromatic carbocycles. The highest BCUT2D eigenvalue weighted by molar-refractivity contribution is 9.11. The molecule has 1 aliphatic rings. The van der Waals surface area contributed by atoms with Crippen molar-refractivity contribution in [3.63, 3.8) is 0 Å². The first kappa shape index (κ1) is 17.1. The van der Waals surface area contributed by atoms with Crippen LogP contribution in [0.15, 0.2) is 21.1 Å². The van der Waals surface area contributed by atoms with Crippen LogP contribution in [0.2, 0.25) is 0 Å². The molecule has 2 atom stereocenters. The zero-order chi connectivity index (χ0) is 15.2. The Morgan fingerprint density at radius 3 is 2.67 bits per heavy atom. The summed E-state index contributed by atoms with van der Waals surface area (Å²) < 4.78 is 7.46. The van der Waals surface area contributed by atoms with Crippen molar-refractivity contribution in [3.8, 4) is 5.75 Å². The first-order valence-electron chi connectivity index (χ1n) is 7.93. The van der Waals surface area contributed by atoms with Crippen molar-refractivity contribution in [3.05, 3.63) is 21.1 Å². The van der Waals surface area contributed by atoms with E-state index in [0.29, 0.717) is 6.04 Å². The van der Waals surface area contributed by atoms with Gasteiger partial charge < -0.3 is 10.1 Å². The van der Waals surface area contributed by atoms with Gasteiger partial charge in [0.1, 0.15) is 5.75 Å². The molecular formula is C17H25Br2NO. The Morgan fingerprint density at radius 2 is 1.95 bits per heavy atom. The lowest BCUT2D eigenvalue weighted by molar-refractivity contribution is 0.412. The van der Waals surface area contributed by atoms with Gasteiger partial charge in [0.15, 0.2) is 0 Å². The monoisotopic (exact) mass is 417 g/mol. The number of hydrogen-bond donors (Lipinski definition) is 1. The Hall–Kier alpha value is -0.220. The van der Waals surface area contributed by atoms with E-state index in [4.69, 9.17) is 4.74 Å². The maximum atomic E-state index is 5.40. The van der Waals surface area contributed by atoms with Crippen molar-refractivity contribution >= 4 is 37.5 Å². The Morgan fingerprint density at radius 1 is 1.14 bits per heavy atom. The summed E-state index contributed by atoms with van der Waals surface area (Å²) in [5, 5.41) is 3.71. The normalized spacial score (nSPS) is 22.7. The topological polar surface area (TPSA) is 21.3 Å². The molecule has 1 fully saturated rings. The lowest BCUT2D eigenvalue weighted by Crippen LogP contribution is -2.18. The van der Waals surface area contributed by atoms with E-state index in [1.54, 1.807) is 7.11 Å². The lowest BCUT2D eigenvalue weighted by atomic mass is 9.95. The van der Waals surface area contributed by atoms with Crippen molar-refractivity contribution in [1.29, 1.82) is 0 Å². The fourth-order valence-corrected chi connectivity index (χ4v) is 4.51. The van der Waals surface area contributed by atoms with Crippen LogP contribution in [0.1, 0.15) is 51.9 Å². The molecule has 2 unspecified atom stereocenters. The van der Waals surface area contributed by atoms with Crippen molar-refractivity contribution in [2.45, 2.75) is 57.9 Å². The van der Waals surface area contributed by atoms with Gasteiger partial charge in [-0.25, -0.2) is 0 Å². The second kappa shape index (κ2) is 8.42. The zero-order valence-electron chi connectivity index (χ0n) is 12.9. The third-order valence-electron chi connectivity index (χ3n) is 4.39. The highest BCUT2D eigenvalue weighted by atomic mass is 79.9. The molecule has 2 rings (SSSR count). The van der Waals surface area contributed by atoms with Gasteiger partial charge in [-0.15, -0.1) is 0 Å². The Balaban J connectivity index is 2.01. The van der Waals surface area contributed by atoms with E-state index in [1.807, 2.05) is 0 Å². The number of anilines is 1. The minimum absolute atomic E-state index is 0.578. The third-order valence-corrected chi connectivity index (χ3v) is 5.66. The second-order valence-corrected chi connectivity index (χ2v) is 7.68. The largest absolute Gasteiger partial charge is 0.495 e. The Kier molecular flexibility index (Phi) is 6.87. The summed E-state index contributed by atoms with van der Waals surface area (Å²) in [7, 11) is 1.71. The quantitative estimate of drug-likeness (QED) is 0.560. The molecule has 0 aromatic heterocycles. The molecule has 0 radical (unpaired) electrons. The summed E-state index contributed by atoms with van der Waals surface area (Å²) in [5.74, 6) is 1.81. The highest BCUT2D eigenvalue weighted by Crippen LogP contribution is 2.36. The van der Waals surface area contributed by atoms with Gasteiger partial charge in [0, 0.05) is 16.6 Å². The number of halogens is 2. The lowest BCUT2D eigenvalue weighted by Gasteiger charge is -2.20. The number of hydrogen-bond acceptors (Lipinski definition) is 2. The van der Waals surface area contributed by atoms with Gasteiger partial charge >= 0.3 is 0 Å². The standard InChI is InChI=1S/C17H25Br2NO/c1-3-5-12-6-4-7-13(9-8-12)20-16-11-17(21-2)15(19)10-14(16)18/h10-13,20H,3-9H2,1-2H3. The molecule has 2 nitrogen and oxygen atoms in total. The molecular weight excluding hydrogens is 394 g/mol. The van der Waals surface area contributed by atoms with E-state index < -0.39 is 0 Å². The minimum Gasteiger partial charge on any atom is -0.495 e. The molecule has 1 aliphatic carbocycles. The SMILES string of the molecule is CCCC1CCCC(Nc2cc(OC)c(Br)cc2Br)CC1. The molecule has 0 heterocycles. The maximum Gasteiger partial charge on any atom is 0.135 e. The molecule has 0 saturated heterocycles. The van der Waals surface area contributed by atoms with Crippen LogP contribution in [0.3, 0.4) is 0 Å².